The van der Waals surface area contributed by atoms with Gasteiger partial charge in [-0.05, 0) is 56.3 Å². The van der Waals surface area contributed by atoms with Crippen molar-refractivity contribution in [3.63, 3.8) is 0 Å². The molecule has 1 aliphatic rings. The maximum atomic E-state index is 13.0. The van der Waals surface area contributed by atoms with Gasteiger partial charge in [0.2, 0.25) is 5.91 Å². The molecule has 20 heavy (non-hydrogen) atoms. The number of carbonyl (C=O) groups is 1. The fourth-order valence-corrected chi connectivity index (χ4v) is 2.72. The Morgan fingerprint density at radius 3 is 2.45 bits per heavy atom. The smallest absolute Gasteiger partial charge is 0.220 e. The lowest BCUT2D eigenvalue weighted by Crippen LogP contribution is -2.50. The Balaban J connectivity index is 1.91. The van der Waals surface area contributed by atoms with E-state index in [-0.39, 0.29) is 17.3 Å². The maximum absolute atomic E-state index is 13.0. The van der Waals surface area contributed by atoms with Gasteiger partial charge in [0, 0.05) is 6.42 Å². The molecule has 3 N–H and O–H groups in total. The average Bonchev–Trinajstić information content (AvgIpc) is 2.40. The first-order valence-electron chi connectivity index (χ1n) is 7.43. The highest BCUT2D eigenvalue weighted by molar-refractivity contribution is 5.77. The van der Waals surface area contributed by atoms with Crippen LogP contribution in [0.2, 0.25) is 0 Å². The van der Waals surface area contributed by atoms with Crippen LogP contribution in [0.3, 0.4) is 0 Å². The number of hydrogen-bond acceptors (Lipinski definition) is 2. The van der Waals surface area contributed by atoms with Crippen molar-refractivity contribution in [3.05, 3.63) is 35.6 Å². The molecule has 2 rings (SSSR count). The highest BCUT2D eigenvalue weighted by atomic mass is 19.1. The molecular formula is C16H23FN2O. The minimum Gasteiger partial charge on any atom is -0.347 e. The van der Waals surface area contributed by atoms with Gasteiger partial charge in [0.1, 0.15) is 5.82 Å². The summed E-state index contributed by atoms with van der Waals surface area (Å²) in [6, 6.07) is 6.48. The van der Waals surface area contributed by atoms with Crippen molar-refractivity contribution in [1.29, 1.82) is 0 Å². The van der Waals surface area contributed by atoms with Gasteiger partial charge in [-0.1, -0.05) is 18.6 Å². The van der Waals surface area contributed by atoms with E-state index in [1.54, 1.807) is 12.1 Å². The monoisotopic (exact) mass is 278 g/mol. The largest absolute Gasteiger partial charge is 0.347 e. The Morgan fingerprint density at radius 2 is 1.90 bits per heavy atom. The summed E-state index contributed by atoms with van der Waals surface area (Å²) >= 11 is 0. The first-order valence-corrected chi connectivity index (χ1v) is 7.43. The standard InChI is InChI=1S/C16H23FN2O/c17-14-8-6-13(7-9-14)16(10-4-11-16)19-15(20)5-2-1-3-12-18/h6-9H,1-5,10-12,18H2,(H,19,20). The van der Waals surface area contributed by atoms with Crippen molar-refractivity contribution in [1.82, 2.24) is 5.32 Å². The third kappa shape index (κ3) is 3.57. The normalized spacial score (nSPS) is 16.5. The van der Waals surface area contributed by atoms with E-state index in [0.29, 0.717) is 13.0 Å². The number of unbranched alkanes of at least 4 members (excludes halogenated alkanes) is 2. The molecule has 0 spiro atoms. The molecule has 3 nitrogen and oxygen atoms in total. The Bertz CT molecular complexity index is 440. The number of amides is 1. The fourth-order valence-electron chi connectivity index (χ4n) is 2.72. The number of hydrogen-bond donors (Lipinski definition) is 2. The lowest BCUT2D eigenvalue weighted by atomic mass is 9.71. The molecular weight excluding hydrogens is 255 g/mol. The van der Waals surface area contributed by atoms with E-state index in [0.717, 1.165) is 44.1 Å². The predicted molar refractivity (Wildman–Crippen MR) is 77.6 cm³/mol. The van der Waals surface area contributed by atoms with Gasteiger partial charge >= 0.3 is 0 Å². The second-order valence-electron chi connectivity index (χ2n) is 5.59. The van der Waals surface area contributed by atoms with Crippen LogP contribution in [0.25, 0.3) is 0 Å². The van der Waals surface area contributed by atoms with Gasteiger partial charge in [0.25, 0.3) is 0 Å². The minimum absolute atomic E-state index is 0.0889. The first-order chi connectivity index (χ1) is 9.66. The van der Waals surface area contributed by atoms with Gasteiger partial charge in [-0.2, -0.15) is 0 Å². The average molecular weight is 278 g/mol. The summed E-state index contributed by atoms with van der Waals surface area (Å²) < 4.78 is 13.0. The third-order valence-corrected chi connectivity index (χ3v) is 4.09. The summed E-state index contributed by atoms with van der Waals surface area (Å²) in [6.45, 7) is 0.682. The minimum atomic E-state index is -0.265. The van der Waals surface area contributed by atoms with Crippen LogP contribution in [-0.4, -0.2) is 12.5 Å². The molecule has 0 radical (unpaired) electrons. The van der Waals surface area contributed by atoms with E-state index in [2.05, 4.69) is 5.32 Å². The van der Waals surface area contributed by atoms with Crippen LogP contribution in [0.4, 0.5) is 4.39 Å². The molecule has 110 valence electrons. The zero-order valence-corrected chi connectivity index (χ0v) is 11.8. The third-order valence-electron chi connectivity index (χ3n) is 4.09. The van der Waals surface area contributed by atoms with Gasteiger partial charge in [-0.15, -0.1) is 0 Å². The summed E-state index contributed by atoms with van der Waals surface area (Å²) in [4.78, 5) is 12.0. The van der Waals surface area contributed by atoms with Crippen LogP contribution in [0, 0.1) is 5.82 Å². The summed E-state index contributed by atoms with van der Waals surface area (Å²) in [5.41, 5.74) is 6.18. The molecule has 1 aromatic carbocycles. The number of benzene rings is 1. The fraction of sp³-hybridized carbons (Fsp3) is 0.562. The summed E-state index contributed by atoms with van der Waals surface area (Å²) in [5.74, 6) is -0.151. The van der Waals surface area contributed by atoms with Crippen molar-refractivity contribution in [3.8, 4) is 0 Å². The zero-order valence-electron chi connectivity index (χ0n) is 11.8. The van der Waals surface area contributed by atoms with Crippen LogP contribution in [-0.2, 0) is 10.3 Å². The molecule has 0 bridgehead atoms. The van der Waals surface area contributed by atoms with Crippen LogP contribution < -0.4 is 11.1 Å². The SMILES string of the molecule is NCCCCCC(=O)NC1(c2ccc(F)cc2)CCC1. The lowest BCUT2D eigenvalue weighted by Gasteiger charge is -2.43. The Hall–Kier alpha value is -1.42. The van der Waals surface area contributed by atoms with Crippen molar-refractivity contribution in [2.45, 2.75) is 50.5 Å². The van der Waals surface area contributed by atoms with Gasteiger partial charge < -0.3 is 11.1 Å². The lowest BCUT2D eigenvalue weighted by molar-refractivity contribution is -0.124. The molecule has 1 amide bonds. The quantitative estimate of drug-likeness (QED) is 0.754. The molecule has 1 aromatic rings. The molecule has 0 aromatic heterocycles. The van der Waals surface area contributed by atoms with Crippen LogP contribution in [0.15, 0.2) is 24.3 Å². The highest BCUT2D eigenvalue weighted by Gasteiger charge is 2.39. The van der Waals surface area contributed by atoms with Gasteiger partial charge in [-0.25, -0.2) is 4.39 Å². The van der Waals surface area contributed by atoms with Crippen molar-refractivity contribution >= 4 is 5.91 Å². The van der Waals surface area contributed by atoms with Gasteiger partial charge in [0.05, 0.1) is 5.54 Å². The van der Waals surface area contributed by atoms with E-state index < -0.39 is 0 Å². The van der Waals surface area contributed by atoms with E-state index in [1.807, 2.05) is 0 Å². The second-order valence-corrected chi connectivity index (χ2v) is 5.59. The molecule has 0 atom stereocenters. The van der Waals surface area contributed by atoms with Crippen molar-refractivity contribution in [2.75, 3.05) is 6.54 Å². The van der Waals surface area contributed by atoms with Crippen LogP contribution >= 0.6 is 0 Å². The number of nitrogens with one attached hydrogen (secondary N) is 1. The van der Waals surface area contributed by atoms with Crippen LogP contribution in [0.1, 0.15) is 50.5 Å². The van der Waals surface area contributed by atoms with E-state index in [1.165, 1.54) is 12.1 Å². The Morgan fingerprint density at radius 1 is 1.20 bits per heavy atom. The van der Waals surface area contributed by atoms with Crippen molar-refractivity contribution < 1.29 is 9.18 Å². The molecule has 0 saturated heterocycles. The topological polar surface area (TPSA) is 55.1 Å². The summed E-state index contributed by atoms with van der Waals surface area (Å²) in [7, 11) is 0. The predicted octanol–water partition coefficient (Wildman–Crippen LogP) is 2.84. The molecule has 0 heterocycles. The number of carbonyl (C=O) groups excluding carboxylic acids is 1. The molecule has 0 unspecified atom stereocenters. The van der Waals surface area contributed by atoms with E-state index in [9.17, 15) is 9.18 Å². The number of halogens is 1. The number of nitrogens with two attached hydrogens (primary N) is 1. The molecule has 1 saturated carbocycles. The molecule has 0 aliphatic heterocycles. The number of rotatable bonds is 7. The zero-order chi connectivity index (χ0) is 14.4. The van der Waals surface area contributed by atoms with E-state index >= 15 is 0 Å². The first kappa shape index (κ1) is 15.0. The molecule has 1 aliphatic carbocycles. The second kappa shape index (κ2) is 6.84. The Kier molecular flexibility index (Phi) is 5.12. The van der Waals surface area contributed by atoms with E-state index in [4.69, 9.17) is 5.73 Å². The maximum Gasteiger partial charge on any atom is 0.220 e. The summed E-state index contributed by atoms with van der Waals surface area (Å²) in [6.07, 6.45) is 6.36. The van der Waals surface area contributed by atoms with Gasteiger partial charge in [0.15, 0.2) is 0 Å². The summed E-state index contributed by atoms with van der Waals surface area (Å²) in [5, 5.41) is 3.15. The highest BCUT2D eigenvalue weighted by Crippen LogP contribution is 2.41. The van der Waals surface area contributed by atoms with Crippen molar-refractivity contribution in [2.24, 2.45) is 5.73 Å². The molecule has 1 fully saturated rings. The van der Waals surface area contributed by atoms with Crippen LogP contribution in [0.5, 0.6) is 0 Å². The molecule has 4 heteroatoms. The van der Waals surface area contributed by atoms with Gasteiger partial charge in [-0.3, -0.25) is 4.79 Å². The Labute approximate surface area is 119 Å².